The van der Waals surface area contributed by atoms with Crippen molar-refractivity contribution in [2.75, 3.05) is 20.6 Å². The molecule has 3 aromatic rings. The van der Waals surface area contributed by atoms with E-state index in [0.29, 0.717) is 10.6 Å². The number of aryl methyl sites for hydroxylation is 1. The van der Waals surface area contributed by atoms with Gasteiger partial charge in [-0.15, -0.1) is 0 Å². The third-order valence-corrected chi connectivity index (χ3v) is 8.09. The van der Waals surface area contributed by atoms with Crippen LogP contribution < -0.4 is 5.32 Å². The summed E-state index contributed by atoms with van der Waals surface area (Å²) >= 11 is 6.38. The molecule has 0 fully saturated rings. The van der Waals surface area contributed by atoms with Gasteiger partial charge in [0.1, 0.15) is 6.04 Å². The van der Waals surface area contributed by atoms with Gasteiger partial charge in [0.2, 0.25) is 21.8 Å². The second kappa shape index (κ2) is 12.2. The van der Waals surface area contributed by atoms with Gasteiger partial charge < -0.3 is 10.2 Å². The Hall–Kier alpha value is -3.20. The summed E-state index contributed by atoms with van der Waals surface area (Å²) in [6.07, 6.45) is 0.255. The fourth-order valence-electron chi connectivity index (χ4n) is 3.79. The first-order valence-electron chi connectivity index (χ1n) is 11.4. The third kappa shape index (κ3) is 6.72. The van der Waals surface area contributed by atoms with E-state index < -0.39 is 28.5 Å². The summed E-state index contributed by atoms with van der Waals surface area (Å²) in [6, 6.07) is 21.9. The molecule has 0 radical (unpaired) electrons. The highest BCUT2D eigenvalue weighted by Crippen LogP contribution is 2.22. The van der Waals surface area contributed by atoms with Gasteiger partial charge >= 0.3 is 0 Å². The average molecular weight is 528 g/mol. The molecule has 0 unspecified atom stereocenters. The second-order valence-electron chi connectivity index (χ2n) is 8.51. The molecule has 0 aliphatic heterocycles. The van der Waals surface area contributed by atoms with Crippen molar-refractivity contribution in [3.05, 3.63) is 101 Å². The highest BCUT2D eigenvalue weighted by Gasteiger charge is 2.32. The van der Waals surface area contributed by atoms with Crippen LogP contribution in [0, 0.1) is 6.92 Å². The summed E-state index contributed by atoms with van der Waals surface area (Å²) in [7, 11) is -1.06. The van der Waals surface area contributed by atoms with Crippen LogP contribution in [0.2, 0.25) is 5.02 Å². The van der Waals surface area contributed by atoms with Crippen molar-refractivity contribution < 1.29 is 18.0 Å². The van der Waals surface area contributed by atoms with E-state index in [4.69, 9.17) is 11.6 Å². The molecule has 3 aromatic carbocycles. The number of sulfonamides is 1. The summed E-state index contributed by atoms with van der Waals surface area (Å²) in [5.41, 5.74) is 2.44. The van der Waals surface area contributed by atoms with E-state index in [0.717, 1.165) is 15.4 Å². The zero-order chi connectivity index (χ0) is 26.3. The predicted molar refractivity (Wildman–Crippen MR) is 141 cm³/mol. The number of carbonyl (C=O) groups excluding carboxylic acids is 2. The Morgan fingerprint density at radius 1 is 0.944 bits per heavy atom. The van der Waals surface area contributed by atoms with Gasteiger partial charge in [0.05, 0.1) is 11.4 Å². The van der Waals surface area contributed by atoms with Crippen molar-refractivity contribution in [3.63, 3.8) is 0 Å². The molecule has 0 saturated carbocycles. The Balaban J connectivity index is 1.95. The van der Waals surface area contributed by atoms with Crippen LogP contribution >= 0.6 is 11.6 Å². The van der Waals surface area contributed by atoms with E-state index >= 15 is 0 Å². The molecule has 2 amide bonds. The summed E-state index contributed by atoms with van der Waals surface area (Å²) in [5.74, 6) is -0.874. The van der Waals surface area contributed by atoms with E-state index in [1.165, 1.54) is 31.1 Å². The predicted octanol–water partition coefficient (Wildman–Crippen LogP) is 3.66. The van der Waals surface area contributed by atoms with Crippen LogP contribution in [0.3, 0.4) is 0 Å². The molecule has 0 heterocycles. The topological polar surface area (TPSA) is 86.8 Å². The number of nitrogens with zero attached hydrogens (tertiary/aromatic N) is 2. The number of rotatable bonds is 10. The standard InChI is InChI=1S/C27H30ClN3O4S/c1-20-13-15-23(16-14-20)36(34,35)30(3)19-26(32)31(18-22-11-7-8-12-24(22)28)25(27(33)29-2)17-21-9-5-4-6-10-21/h4-16,25H,17-19H2,1-3H3,(H,29,33)/t25-/m0/s1. The minimum Gasteiger partial charge on any atom is -0.357 e. The fourth-order valence-corrected chi connectivity index (χ4v) is 5.10. The molecule has 7 nitrogen and oxygen atoms in total. The van der Waals surface area contributed by atoms with Crippen LogP contribution in [-0.4, -0.2) is 56.1 Å². The largest absolute Gasteiger partial charge is 0.357 e. The quantitative estimate of drug-likeness (QED) is 0.436. The molecule has 0 spiro atoms. The Morgan fingerprint density at radius 3 is 2.17 bits per heavy atom. The molecule has 0 saturated heterocycles. The van der Waals surface area contributed by atoms with Gasteiger partial charge in [-0.3, -0.25) is 9.59 Å². The Morgan fingerprint density at radius 2 is 1.56 bits per heavy atom. The molecule has 0 aliphatic rings. The molecule has 1 atom stereocenters. The first kappa shape index (κ1) is 27.4. The SMILES string of the molecule is CNC(=O)[C@H](Cc1ccccc1)N(Cc1ccccc1Cl)C(=O)CN(C)S(=O)(=O)c1ccc(C)cc1. The molecule has 0 aliphatic carbocycles. The lowest BCUT2D eigenvalue weighted by Gasteiger charge is -2.32. The summed E-state index contributed by atoms with van der Waals surface area (Å²) in [5, 5.41) is 3.09. The van der Waals surface area contributed by atoms with Crippen molar-refractivity contribution in [1.29, 1.82) is 0 Å². The number of benzene rings is 3. The molecule has 9 heteroatoms. The molecule has 0 aromatic heterocycles. The number of carbonyl (C=O) groups is 2. The maximum atomic E-state index is 13.7. The van der Waals surface area contributed by atoms with E-state index in [9.17, 15) is 18.0 Å². The van der Waals surface area contributed by atoms with E-state index in [2.05, 4.69) is 5.32 Å². The molecule has 190 valence electrons. The number of amides is 2. The highest BCUT2D eigenvalue weighted by molar-refractivity contribution is 7.89. The molecule has 36 heavy (non-hydrogen) atoms. The van der Waals surface area contributed by atoms with Gasteiger partial charge in [-0.05, 0) is 36.2 Å². The number of likely N-dealkylation sites (N-methyl/N-ethyl adjacent to an activating group) is 2. The van der Waals surface area contributed by atoms with E-state index in [1.807, 2.05) is 37.3 Å². The Kier molecular flexibility index (Phi) is 9.25. The number of nitrogens with one attached hydrogen (secondary N) is 1. The van der Waals surface area contributed by atoms with E-state index in [1.54, 1.807) is 36.4 Å². The monoisotopic (exact) mass is 527 g/mol. The Labute approximate surface area is 217 Å². The van der Waals surface area contributed by atoms with Gasteiger partial charge in [-0.2, -0.15) is 4.31 Å². The van der Waals surface area contributed by atoms with Crippen LogP contribution in [0.4, 0.5) is 0 Å². The maximum absolute atomic E-state index is 13.7. The number of halogens is 1. The van der Waals surface area contributed by atoms with Gasteiger partial charge in [0.25, 0.3) is 0 Å². The normalized spacial score (nSPS) is 12.2. The fraction of sp³-hybridized carbons (Fsp3) is 0.259. The van der Waals surface area contributed by atoms with Crippen molar-refractivity contribution in [3.8, 4) is 0 Å². The molecule has 3 rings (SSSR count). The smallest absolute Gasteiger partial charge is 0.243 e. The van der Waals surface area contributed by atoms with Crippen LogP contribution in [-0.2, 0) is 32.6 Å². The molecule has 0 bridgehead atoms. The van der Waals surface area contributed by atoms with Crippen molar-refractivity contribution in [1.82, 2.24) is 14.5 Å². The van der Waals surface area contributed by atoms with Gasteiger partial charge in [-0.25, -0.2) is 8.42 Å². The summed E-state index contributed by atoms with van der Waals surface area (Å²) in [6.45, 7) is 1.46. The zero-order valence-corrected chi connectivity index (χ0v) is 22.1. The van der Waals surface area contributed by atoms with Crippen LogP contribution in [0.5, 0.6) is 0 Å². The Bertz CT molecular complexity index is 1300. The second-order valence-corrected chi connectivity index (χ2v) is 11.0. The van der Waals surface area contributed by atoms with Crippen molar-refractivity contribution in [2.45, 2.75) is 30.8 Å². The number of hydrogen-bond acceptors (Lipinski definition) is 4. The first-order chi connectivity index (χ1) is 17.1. The van der Waals surface area contributed by atoms with E-state index in [-0.39, 0.29) is 23.8 Å². The van der Waals surface area contributed by atoms with Crippen LogP contribution in [0.1, 0.15) is 16.7 Å². The minimum absolute atomic E-state index is 0.0435. The highest BCUT2D eigenvalue weighted by atomic mass is 35.5. The molecular weight excluding hydrogens is 498 g/mol. The zero-order valence-electron chi connectivity index (χ0n) is 20.5. The number of hydrogen-bond donors (Lipinski definition) is 1. The van der Waals surface area contributed by atoms with Crippen molar-refractivity contribution in [2.24, 2.45) is 0 Å². The average Bonchev–Trinajstić information content (AvgIpc) is 2.87. The summed E-state index contributed by atoms with van der Waals surface area (Å²) < 4.78 is 27.2. The van der Waals surface area contributed by atoms with Gasteiger partial charge in [-0.1, -0.05) is 77.8 Å². The lowest BCUT2D eigenvalue weighted by atomic mass is 10.0. The van der Waals surface area contributed by atoms with Gasteiger partial charge in [0, 0.05) is 32.1 Å². The lowest BCUT2D eigenvalue weighted by Crippen LogP contribution is -2.52. The van der Waals surface area contributed by atoms with Crippen molar-refractivity contribution >= 4 is 33.4 Å². The lowest BCUT2D eigenvalue weighted by molar-refractivity contribution is -0.141. The van der Waals surface area contributed by atoms with Crippen LogP contribution in [0.25, 0.3) is 0 Å². The first-order valence-corrected chi connectivity index (χ1v) is 13.3. The molecule has 1 N–H and O–H groups in total. The maximum Gasteiger partial charge on any atom is 0.243 e. The van der Waals surface area contributed by atoms with Crippen LogP contribution in [0.15, 0.2) is 83.8 Å². The minimum atomic E-state index is -3.92. The molecular formula is C27H30ClN3O4S. The van der Waals surface area contributed by atoms with Gasteiger partial charge in [0.15, 0.2) is 0 Å². The summed E-state index contributed by atoms with van der Waals surface area (Å²) in [4.78, 5) is 28.1. The third-order valence-electron chi connectivity index (χ3n) is 5.90.